The standard InChI is InChI=1S/C23H23NO4S2/c1-4-29-20-12-8-18(9-13-20)17-6-10-19(11-7-17)24-30(26,27)21-14-5-16(2)22(15-21)23(25)28-3/h5-15,24H,4H2,1-3H3. The van der Waals surface area contributed by atoms with Gasteiger partial charge in [-0.15, -0.1) is 11.8 Å². The maximum absolute atomic E-state index is 12.8. The van der Waals surface area contributed by atoms with Crippen LogP contribution in [0.3, 0.4) is 0 Å². The van der Waals surface area contributed by atoms with E-state index in [2.05, 4.69) is 35.9 Å². The third kappa shape index (κ3) is 5.04. The Morgan fingerprint density at radius 1 is 0.967 bits per heavy atom. The molecule has 156 valence electrons. The van der Waals surface area contributed by atoms with Gasteiger partial charge < -0.3 is 4.74 Å². The van der Waals surface area contributed by atoms with Crippen LogP contribution < -0.4 is 4.72 Å². The highest BCUT2D eigenvalue weighted by molar-refractivity contribution is 7.99. The topological polar surface area (TPSA) is 72.5 Å². The average Bonchev–Trinajstić information content (AvgIpc) is 2.74. The molecule has 0 unspecified atom stereocenters. The molecule has 3 rings (SSSR count). The van der Waals surface area contributed by atoms with Crippen LogP contribution in [0.2, 0.25) is 0 Å². The number of aryl methyl sites for hydroxylation is 1. The minimum absolute atomic E-state index is 0.00147. The predicted octanol–water partition coefficient (Wildman–Crippen LogP) is 5.36. The van der Waals surface area contributed by atoms with Gasteiger partial charge in [-0.3, -0.25) is 4.72 Å². The summed E-state index contributed by atoms with van der Waals surface area (Å²) in [6.07, 6.45) is 0. The van der Waals surface area contributed by atoms with Crippen LogP contribution in [0.5, 0.6) is 0 Å². The Kier molecular flexibility index (Phi) is 6.84. The van der Waals surface area contributed by atoms with Crippen molar-refractivity contribution in [2.24, 2.45) is 0 Å². The Hall–Kier alpha value is -2.77. The fourth-order valence-corrected chi connectivity index (χ4v) is 4.70. The molecule has 0 amide bonds. The van der Waals surface area contributed by atoms with Crippen molar-refractivity contribution in [2.75, 3.05) is 17.6 Å². The van der Waals surface area contributed by atoms with E-state index in [-0.39, 0.29) is 10.5 Å². The van der Waals surface area contributed by atoms with Crippen LogP contribution in [-0.2, 0) is 14.8 Å². The van der Waals surface area contributed by atoms with Crippen molar-refractivity contribution in [3.05, 3.63) is 77.9 Å². The molecule has 0 heterocycles. The van der Waals surface area contributed by atoms with Crippen molar-refractivity contribution in [3.63, 3.8) is 0 Å². The molecule has 0 bridgehead atoms. The molecule has 0 atom stereocenters. The Morgan fingerprint density at radius 3 is 2.13 bits per heavy atom. The lowest BCUT2D eigenvalue weighted by atomic mass is 10.1. The number of carbonyl (C=O) groups is 1. The van der Waals surface area contributed by atoms with Crippen LogP contribution in [0.15, 0.2) is 76.5 Å². The molecular formula is C23H23NO4S2. The zero-order valence-corrected chi connectivity index (χ0v) is 18.6. The van der Waals surface area contributed by atoms with E-state index < -0.39 is 16.0 Å². The van der Waals surface area contributed by atoms with Gasteiger partial charge in [-0.25, -0.2) is 13.2 Å². The first-order valence-electron chi connectivity index (χ1n) is 9.39. The summed E-state index contributed by atoms with van der Waals surface area (Å²) in [6, 6.07) is 19.8. The highest BCUT2D eigenvalue weighted by atomic mass is 32.2. The molecule has 0 aliphatic rings. The van der Waals surface area contributed by atoms with Gasteiger partial charge in [0.15, 0.2) is 0 Å². The van der Waals surface area contributed by atoms with Crippen LogP contribution in [0.1, 0.15) is 22.8 Å². The number of esters is 1. The monoisotopic (exact) mass is 441 g/mol. The minimum atomic E-state index is -3.84. The van der Waals surface area contributed by atoms with Gasteiger partial charge in [0.25, 0.3) is 10.0 Å². The van der Waals surface area contributed by atoms with Gasteiger partial charge in [-0.1, -0.05) is 37.3 Å². The summed E-state index contributed by atoms with van der Waals surface area (Å²) in [7, 11) is -2.58. The fourth-order valence-electron chi connectivity index (χ4n) is 2.95. The quantitative estimate of drug-likeness (QED) is 0.395. The number of benzene rings is 3. The number of methoxy groups -OCH3 is 1. The highest BCUT2D eigenvalue weighted by Gasteiger charge is 2.18. The summed E-state index contributed by atoms with van der Waals surface area (Å²) in [4.78, 5) is 13.1. The molecule has 0 saturated heterocycles. The van der Waals surface area contributed by atoms with E-state index in [9.17, 15) is 13.2 Å². The van der Waals surface area contributed by atoms with Gasteiger partial charge in [-0.05, 0) is 65.8 Å². The molecule has 0 aliphatic carbocycles. The Balaban J connectivity index is 1.80. The molecule has 30 heavy (non-hydrogen) atoms. The van der Waals surface area contributed by atoms with E-state index in [1.54, 1.807) is 36.9 Å². The third-order valence-corrected chi connectivity index (χ3v) is 6.83. The van der Waals surface area contributed by atoms with Crippen LogP contribution in [0, 0.1) is 6.92 Å². The number of rotatable bonds is 7. The van der Waals surface area contributed by atoms with Crippen LogP contribution >= 0.6 is 11.8 Å². The lowest BCUT2D eigenvalue weighted by Gasteiger charge is -2.11. The summed E-state index contributed by atoms with van der Waals surface area (Å²) in [6.45, 7) is 3.84. The van der Waals surface area contributed by atoms with E-state index in [1.807, 2.05) is 12.1 Å². The SMILES string of the molecule is CCSc1ccc(-c2ccc(NS(=O)(=O)c3ccc(C)c(C(=O)OC)c3)cc2)cc1. The number of ether oxygens (including phenoxy) is 1. The summed E-state index contributed by atoms with van der Waals surface area (Å²) >= 11 is 1.79. The first-order chi connectivity index (χ1) is 14.3. The van der Waals surface area contributed by atoms with E-state index in [1.165, 1.54) is 24.1 Å². The minimum Gasteiger partial charge on any atom is -0.465 e. The Morgan fingerprint density at radius 2 is 1.57 bits per heavy atom. The molecule has 0 aliphatic heterocycles. The van der Waals surface area contributed by atoms with Gasteiger partial charge in [0.1, 0.15) is 0 Å². The Bertz CT molecular complexity index is 1140. The van der Waals surface area contributed by atoms with Crippen LogP contribution in [0.25, 0.3) is 11.1 Å². The fraction of sp³-hybridized carbons (Fsp3) is 0.174. The molecule has 3 aromatic rings. The van der Waals surface area contributed by atoms with Gasteiger partial charge in [0, 0.05) is 10.6 Å². The number of carbonyl (C=O) groups excluding carboxylic acids is 1. The van der Waals surface area contributed by atoms with Crippen LogP contribution in [0.4, 0.5) is 5.69 Å². The summed E-state index contributed by atoms with van der Waals surface area (Å²) in [5.74, 6) is 0.452. The Labute approximate surface area is 181 Å². The number of sulfonamides is 1. The molecule has 0 spiro atoms. The van der Waals surface area contributed by atoms with Crippen LogP contribution in [-0.4, -0.2) is 27.2 Å². The molecule has 7 heteroatoms. The molecule has 3 aromatic carbocycles. The van der Waals surface area contributed by atoms with Gasteiger partial charge in [0.05, 0.1) is 17.6 Å². The highest BCUT2D eigenvalue weighted by Crippen LogP contribution is 2.26. The number of hydrogen-bond donors (Lipinski definition) is 1. The molecule has 0 fully saturated rings. The van der Waals surface area contributed by atoms with E-state index in [4.69, 9.17) is 4.74 Å². The van der Waals surface area contributed by atoms with Crippen molar-refractivity contribution >= 4 is 33.4 Å². The molecule has 0 saturated carbocycles. The molecule has 0 aromatic heterocycles. The zero-order chi connectivity index (χ0) is 21.7. The molecule has 5 nitrogen and oxygen atoms in total. The maximum atomic E-state index is 12.8. The molecule has 0 radical (unpaired) electrons. The first-order valence-corrected chi connectivity index (χ1v) is 11.9. The van der Waals surface area contributed by atoms with Crippen molar-refractivity contribution in [1.29, 1.82) is 0 Å². The lowest BCUT2D eigenvalue weighted by Crippen LogP contribution is -2.14. The van der Waals surface area contributed by atoms with E-state index in [0.717, 1.165) is 16.9 Å². The van der Waals surface area contributed by atoms with Gasteiger partial charge in [-0.2, -0.15) is 0 Å². The third-order valence-electron chi connectivity index (χ3n) is 4.56. The number of nitrogens with one attached hydrogen (secondary N) is 1. The maximum Gasteiger partial charge on any atom is 0.338 e. The number of anilines is 1. The molecular weight excluding hydrogens is 418 g/mol. The second-order valence-corrected chi connectivity index (χ2v) is 9.63. The van der Waals surface area contributed by atoms with Crippen molar-refractivity contribution in [2.45, 2.75) is 23.6 Å². The summed E-state index contributed by atoms with van der Waals surface area (Å²) in [5.41, 5.74) is 3.37. The summed E-state index contributed by atoms with van der Waals surface area (Å²) < 4.78 is 32.8. The largest absolute Gasteiger partial charge is 0.465 e. The van der Waals surface area contributed by atoms with Gasteiger partial charge in [0.2, 0.25) is 0 Å². The average molecular weight is 442 g/mol. The number of thioether (sulfide) groups is 1. The molecule has 1 N–H and O–H groups in total. The normalized spacial score (nSPS) is 11.2. The first kappa shape index (κ1) is 21.9. The second kappa shape index (κ2) is 9.36. The van der Waals surface area contributed by atoms with Gasteiger partial charge >= 0.3 is 5.97 Å². The summed E-state index contributed by atoms with van der Waals surface area (Å²) in [5, 5.41) is 0. The van der Waals surface area contributed by atoms with Crippen molar-refractivity contribution < 1.29 is 17.9 Å². The van der Waals surface area contributed by atoms with E-state index >= 15 is 0 Å². The smallest absolute Gasteiger partial charge is 0.338 e. The van der Waals surface area contributed by atoms with Crippen molar-refractivity contribution in [1.82, 2.24) is 0 Å². The lowest BCUT2D eigenvalue weighted by molar-refractivity contribution is 0.0599. The second-order valence-electron chi connectivity index (χ2n) is 6.61. The van der Waals surface area contributed by atoms with E-state index in [0.29, 0.717) is 11.3 Å². The zero-order valence-electron chi connectivity index (χ0n) is 17.0. The van der Waals surface area contributed by atoms with Crippen molar-refractivity contribution in [3.8, 4) is 11.1 Å². The number of hydrogen-bond acceptors (Lipinski definition) is 5. The predicted molar refractivity (Wildman–Crippen MR) is 122 cm³/mol.